The second-order valence-electron chi connectivity index (χ2n) is 2.89. The Bertz CT molecular complexity index is 231. The first-order valence-electron chi connectivity index (χ1n) is 4.44. The molecule has 1 heterocycles. The number of hydrogen-bond donors (Lipinski definition) is 2. The summed E-state index contributed by atoms with van der Waals surface area (Å²) in [6.45, 7) is 4.14. The number of nitrogens with one attached hydrogen (secondary N) is 1. The number of aromatic nitrogens is 3. The van der Waals surface area contributed by atoms with Gasteiger partial charge in [-0.3, -0.25) is 5.10 Å². The lowest BCUT2D eigenvalue weighted by molar-refractivity contribution is 0.604. The fourth-order valence-electron chi connectivity index (χ4n) is 1.07. The van der Waals surface area contributed by atoms with Crippen molar-refractivity contribution in [3.05, 3.63) is 11.6 Å². The van der Waals surface area contributed by atoms with Gasteiger partial charge in [-0.2, -0.15) is 5.10 Å². The molecule has 1 aromatic rings. The molecule has 68 valence electrons. The maximum atomic E-state index is 5.83. The molecule has 0 unspecified atom stereocenters. The van der Waals surface area contributed by atoms with Gasteiger partial charge in [0.15, 0.2) is 5.82 Å². The molecule has 3 N–H and O–H groups in total. The molecule has 0 saturated carbocycles. The van der Waals surface area contributed by atoms with Crippen molar-refractivity contribution < 1.29 is 0 Å². The lowest BCUT2D eigenvalue weighted by Gasteiger charge is -2.03. The SMILES string of the molecule is CCC[C@@H](N)c1n[nH]c(CC)n1. The van der Waals surface area contributed by atoms with Gasteiger partial charge in [-0.25, -0.2) is 4.98 Å². The molecule has 4 heteroatoms. The number of aromatic amines is 1. The van der Waals surface area contributed by atoms with Crippen LogP contribution in [0, 0.1) is 0 Å². The summed E-state index contributed by atoms with van der Waals surface area (Å²) < 4.78 is 0. The van der Waals surface area contributed by atoms with Crippen molar-refractivity contribution in [2.24, 2.45) is 5.73 Å². The first kappa shape index (κ1) is 9.19. The second kappa shape index (κ2) is 4.21. The van der Waals surface area contributed by atoms with Crippen molar-refractivity contribution in [3.63, 3.8) is 0 Å². The Morgan fingerprint density at radius 1 is 1.50 bits per heavy atom. The molecule has 4 nitrogen and oxygen atoms in total. The summed E-state index contributed by atoms with van der Waals surface area (Å²) in [5.74, 6) is 1.66. The van der Waals surface area contributed by atoms with Crippen molar-refractivity contribution in [3.8, 4) is 0 Å². The highest BCUT2D eigenvalue weighted by atomic mass is 15.2. The molecule has 0 bridgehead atoms. The smallest absolute Gasteiger partial charge is 0.167 e. The van der Waals surface area contributed by atoms with Crippen molar-refractivity contribution in [1.82, 2.24) is 15.2 Å². The Morgan fingerprint density at radius 3 is 2.75 bits per heavy atom. The fourth-order valence-corrected chi connectivity index (χ4v) is 1.07. The summed E-state index contributed by atoms with van der Waals surface area (Å²) in [6, 6.07) is -0.00782. The van der Waals surface area contributed by atoms with E-state index in [4.69, 9.17) is 5.73 Å². The molecule has 0 radical (unpaired) electrons. The number of H-pyrrole nitrogens is 1. The summed E-state index contributed by atoms with van der Waals surface area (Å²) in [6.07, 6.45) is 2.89. The third kappa shape index (κ3) is 2.04. The Kier molecular flexibility index (Phi) is 3.22. The van der Waals surface area contributed by atoms with Crippen molar-refractivity contribution in [1.29, 1.82) is 0 Å². The molecule has 0 fully saturated rings. The number of aryl methyl sites for hydroxylation is 1. The van der Waals surface area contributed by atoms with Crippen molar-refractivity contribution in [2.45, 2.75) is 39.2 Å². The normalized spacial score (nSPS) is 13.2. The van der Waals surface area contributed by atoms with Gasteiger partial charge in [-0.15, -0.1) is 0 Å². The number of nitrogens with two attached hydrogens (primary N) is 1. The quantitative estimate of drug-likeness (QED) is 0.709. The predicted molar refractivity (Wildman–Crippen MR) is 47.6 cm³/mol. The molecule has 12 heavy (non-hydrogen) atoms. The highest BCUT2D eigenvalue weighted by molar-refractivity contribution is 4.95. The lowest BCUT2D eigenvalue weighted by Crippen LogP contribution is -2.11. The second-order valence-corrected chi connectivity index (χ2v) is 2.89. The molecule has 0 aliphatic rings. The maximum Gasteiger partial charge on any atom is 0.167 e. The van der Waals surface area contributed by atoms with Crippen LogP contribution in [0.3, 0.4) is 0 Å². The van der Waals surface area contributed by atoms with Gasteiger partial charge in [0.2, 0.25) is 0 Å². The molecule has 0 aliphatic carbocycles. The van der Waals surface area contributed by atoms with E-state index < -0.39 is 0 Å². The van der Waals surface area contributed by atoms with Gasteiger partial charge in [0.05, 0.1) is 6.04 Å². The molecule has 0 aromatic carbocycles. The van der Waals surface area contributed by atoms with Gasteiger partial charge >= 0.3 is 0 Å². The average molecular weight is 168 g/mol. The van der Waals surface area contributed by atoms with E-state index in [1.807, 2.05) is 6.92 Å². The van der Waals surface area contributed by atoms with Crippen molar-refractivity contribution in [2.75, 3.05) is 0 Å². The molecule has 0 amide bonds. The number of hydrogen-bond acceptors (Lipinski definition) is 3. The molecule has 0 spiro atoms. The maximum absolute atomic E-state index is 5.83. The van der Waals surface area contributed by atoms with Crippen LogP contribution < -0.4 is 5.73 Å². The van der Waals surface area contributed by atoms with Crippen molar-refractivity contribution >= 4 is 0 Å². The lowest BCUT2D eigenvalue weighted by atomic mass is 10.2. The van der Waals surface area contributed by atoms with Gasteiger partial charge in [-0.05, 0) is 6.42 Å². The van der Waals surface area contributed by atoms with Crippen LogP contribution in [0.25, 0.3) is 0 Å². The Labute approximate surface area is 72.6 Å². The number of nitrogens with zero attached hydrogens (tertiary/aromatic N) is 2. The molecule has 0 saturated heterocycles. The Hall–Kier alpha value is -0.900. The molecule has 1 rings (SSSR count). The van der Waals surface area contributed by atoms with Crippen LogP contribution in [-0.4, -0.2) is 15.2 Å². The van der Waals surface area contributed by atoms with Crippen LogP contribution in [0.15, 0.2) is 0 Å². The van der Waals surface area contributed by atoms with Crippen LogP contribution in [0.1, 0.15) is 44.4 Å². The van der Waals surface area contributed by atoms with E-state index in [2.05, 4.69) is 22.1 Å². The third-order valence-electron chi connectivity index (χ3n) is 1.82. The van der Waals surface area contributed by atoms with E-state index in [0.717, 1.165) is 30.9 Å². The van der Waals surface area contributed by atoms with E-state index in [-0.39, 0.29) is 6.04 Å². The minimum atomic E-state index is -0.00782. The molecule has 1 aromatic heterocycles. The van der Waals surface area contributed by atoms with Crippen LogP contribution in [0.4, 0.5) is 0 Å². The van der Waals surface area contributed by atoms with E-state index >= 15 is 0 Å². The third-order valence-corrected chi connectivity index (χ3v) is 1.82. The summed E-state index contributed by atoms with van der Waals surface area (Å²) in [7, 11) is 0. The summed E-state index contributed by atoms with van der Waals surface area (Å²) in [4.78, 5) is 4.26. The van der Waals surface area contributed by atoms with Gasteiger partial charge in [0, 0.05) is 6.42 Å². The number of rotatable bonds is 4. The van der Waals surface area contributed by atoms with E-state index in [9.17, 15) is 0 Å². The monoisotopic (exact) mass is 168 g/mol. The average Bonchev–Trinajstić information content (AvgIpc) is 2.52. The van der Waals surface area contributed by atoms with E-state index in [1.54, 1.807) is 0 Å². The summed E-state index contributed by atoms with van der Waals surface area (Å²) >= 11 is 0. The van der Waals surface area contributed by atoms with Crippen LogP contribution in [-0.2, 0) is 6.42 Å². The predicted octanol–water partition coefficient (Wildman–Crippen LogP) is 1.17. The largest absolute Gasteiger partial charge is 0.321 e. The minimum Gasteiger partial charge on any atom is -0.321 e. The standard InChI is InChI=1S/C8H16N4/c1-3-5-6(9)8-10-7(4-2)11-12-8/h6H,3-5,9H2,1-2H3,(H,10,11,12)/t6-/m1/s1. The van der Waals surface area contributed by atoms with Crippen LogP contribution in [0.5, 0.6) is 0 Å². The zero-order valence-corrected chi connectivity index (χ0v) is 7.67. The fraction of sp³-hybridized carbons (Fsp3) is 0.750. The van der Waals surface area contributed by atoms with Crippen LogP contribution >= 0.6 is 0 Å². The van der Waals surface area contributed by atoms with Gasteiger partial charge in [0.1, 0.15) is 5.82 Å². The zero-order valence-electron chi connectivity index (χ0n) is 7.67. The van der Waals surface area contributed by atoms with E-state index in [0.29, 0.717) is 0 Å². The first-order valence-corrected chi connectivity index (χ1v) is 4.44. The molecular formula is C8H16N4. The molecular weight excluding hydrogens is 152 g/mol. The Morgan fingerprint density at radius 2 is 2.25 bits per heavy atom. The highest BCUT2D eigenvalue weighted by Crippen LogP contribution is 2.10. The van der Waals surface area contributed by atoms with Gasteiger partial charge < -0.3 is 5.73 Å². The first-order chi connectivity index (χ1) is 5.77. The highest BCUT2D eigenvalue weighted by Gasteiger charge is 2.09. The van der Waals surface area contributed by atoms with E-state index in [1.165, 1.54) is 0 Å². The topological polar surface area (TPSA) is 67.6 Å². The summed E-state index contributed by atoms with van der Waals surface area (Å²) in [5.41, 5.74) is 5.83. The van der Waals surface area contributed by atoms with Crippen LogP contribution in [0.2, 0.25) is 0 Å². The summed E-state index contributed by atoms with van der Waals surface area (Å²) in [5, 5.41) is 6.90. The van der Waals surface area contributed by atoms with Gasteiger partial charge in [-0.1, -0.05) is 20.3 Å². The molecule has 0 aliphatic heterocycles. The van der Waals surface area contributed by atoms with Gasteiger partial charge in [0.25, 0.3) is 0 Å². The minimum absolute atomic E-state index is 0.00782. The zero-order chi connectivity index (χ0) is 8.97. The molecule has 1 atom stereocenters. The Balaban J connectivity index is 2.61.